The van der Waals surface area contributed by atoms with E-state index in [4.69, 9.17) is 11.6 Å². The average Bonchev–Trinajstić information content (AvgIpc) is 3.57. The van der Waals surface area contributed by atoms with E-state index in [0.717, 1.165) is 24.8 Å². The first-order valence-electron chi connectivity index (χ1n) is 14.4. The molecule has 3 aliphatic heterocycles. The van der Waals surface area contributed by atoms with Gasteiger partial charge in [-0.05, 0) is 57.1 Å². The fourth-order valence-electron chi connectivity index (χ4n) is 6.99. The molecule has 3 saturated heterocycles. The molecule has 9 heteroatoms. The van der Waals surface area contributed by atoms with Crippen LogP contribution in [0.1, 0.15) is 51.0 Å². The molecule has 4 rings (SSSR count). The SMILES string of the molecule is C=CCN(CCC)C(=O)[C@@H]1[C@H]2C(=O)N(CCCCCO)C(C(=O)N(CC=C)c3c(C)cccc3Cl)C23CC[C@H]1S3. The summed E-state index contributed by atoms with van der Waals surface area (Å²) in [5.74, 6) is -1.27. The zero-order valence-electron chi connectivity index (χ0n) is 23.7. The third kappa shape index (κ3) is 5.35. The van der Waals surface area contributed by atoms with Gasteiger partial charge in [0.25, 0.3) is 5.91 Å². The minimum atomic E-state index is -0.707. The number of unbranched alkanes of at least 4 members (excludes halogenated alkanes) is 2. The molecule has 0 aliphatic carbocycles. The van der Waals surface area contributed by atoms with Crippen molar-refractivity contribution in [3.05, 3.63) is 54.1 Å². The van der Waals surface area contributed by atoms with Crippen molar-refractivity contribution >= 4 is 46.8 Å². The lowest BCUT2D eigenvalue weighted by Crippen LogP contribution is -2.55. The number of hydrogen-bond donors (Lipinski definition) is 1. The highest BCUT2D eigenvalue weighted by atomic mass is 35.5. The number of thioether (sulfide) groups is 1. The number of fused-ring (bicyclic) bond motifs is 1. The van der Waals surface area contributed by atoms with Gasteiger partial charge in [0.15, 0.2) is 0 Å². The number of para-hydroxylation sites is 1. The van der Waals surface area contributed by atoms with Crippen molar-refractivity contribution in [2.24, 2.45) is 11.8 Å². The first-order valence-corrected chi connectivity index (χ1v) is 15.7. The maximum atomic E-state index is 14.7. The molecule has 1 spiro atoms. The van der Waals surface area contributed by atoms with Crippen LogP contribution in [0.2, 0.25) is 5.02 Å². The average molecular weight is 588 g/mol. The number of rotatable bonds is 14. The van der Waals surface area contributed by atoms with Crippen LogP contribution in [-0.4, -0.2) is 81.5 Å². The van der Waals surface area contributed by atoms with E-state index in [2.05, 4.69) is 13.2 Å². The van der Waals surface area contributed by atoms with Crippen molar-refractivity contribution in [2.45, 2.75) is 68.4 Å². The van der Waals surface area contributed by atoms with Gasteiger partial charge in [0.05, 0.1) is 27.3 Å². The molecule has 0 aromatic heterocycles. The van der Waals surface area contributed by atoms with Crippen molar-refractivity contribution in [1.82, 2.24) is 9.80 Å². The number of hydrogen-bond acceptors (Lipinski definition) is 5. The van der Waals surface area contributed by atoms with Crippen molar-refractivity contribution in [3.8, 4) is 0 Å². The van der Waals surface area contributed by atoms with Crippen LogP contribution in [0, 0.1) is 18.8 Å². The predicted octanol–water partition coefficient (Wildman–Crippen LogP) is 4.85. The molecule has 0 saturated carbocycles. The van der Waals surface area contributed by atoms with Gasteiger partial charge >= 0.3 is 0 Å². The van der Waals surface area contributed by atoms with Gasteiger partial charge in [-0.1, -0.05) is 42.8 Å². The Balaban J connectivity index is 1.76. The third-order valence-electron chi connectivity index (χ3n) is 8.57. The number of aliphatic hydroxyl groups excluding tert-OH is 1. The molecule has 1 N–H and O–H groups in total. The van der Waals surface area contributed by atoms with Gasteiger partial charge in [-0.2, -0.15) is 0 Å². The summed E-state index contributed by atoms with van der Waals surface area (Å²) in [5, 5.41) is 9.77. The number of aliphatic hydroxyl groups is 1. The van der Waals surface area contributed by atoms with Crippen molar-refractivity contribution in [1.29, 1.82) is 0 Å². The number of halogens is 1. The molecule has 3 amide bonds. The number of nitrogens with zero attached hydrogens (tertiary/aromatic N) is 3. The Labute approximate surface area is 247 Å². The van der Waals surface area contributed by atoms with Crippen LogP contribution in [0.3, 0.4) is 0 Å². The van der Waals surface area contributed by atoms with E-state index in [-0.39, 0.29) is 36.1 Å². The molecule has 3 heterocycles. The Bertz CT molecular complexity index is 1130. The number of amides is 3. The number of aryl methyl sites for hydroxylation is 1. The minimum absolute atomic E-state index is 0.00241. The second-order valence-electron chi connectivity index (χ2n) is 11.1. The minimum Gasteiger partial charge on any atom is -0.396 e. The summed E-state index contributed by atoms with van der Waals surface area (Å²) in [7, 11) is 0. The summed E-state index contributed by atoms with van der Waals surface area (Å²) in [6, 6.07) is 4.84. The Hall–Kier alpha value is -2.29. The Morgan fingerprint density at radius 2 is 1.95 bits per heavy atom. The van der Waals surface area contributed by atoms with Crippen LogP contribution in [0.25, 0.3) is 0 Å². The zero-order valence-corrected chi connectivity index (χ0v) is 25.3. The highest BCUT2D eigenvalue weighted by molar-refractivity contribution is 8.02. The fourth-order valence-corrected chi connectivity index (χ4v) is 9.52. The Morgan fingerprint density at radius 3 is 2.60 bits per heavy atom. The monoisotopic (exact) mass is 587 g/mol. The number of carbonyl (C=O) groups excluding carboxylic acids is 3. The van der Waals surface area contributed by atoms with Gasteiger partial charge in [-0.3, -0.25) is 14.4 Å². The van der Waals surface area contributed by atoms with Gasteiger partial charge in [0.2, 0.25) is 11.8 Å². The van der Waals surface area contributed by atoms with Crippen LogP contribution >= 0.6 is 23.4 Å². The second-order valence-corrected chi connectivity index (χ2v) is 13.1. The molecule has 40 heavy (non-hydrogen) atoms. The lowest BCUT2D eigenvalue weighted by Gasteiger charge is -2.38. The first kappa shape index (κ1) is 30.7. The molecule has 2 bridgehead atoms. The summed E-state index contributed by atoms with van der Waals surface area (Å²) in [6.45, 7) is 13.5. The van der Waals surface area contributed by atoms with Crippen LogP contribution in [0.5, 0.6) is 0 Å². The van der Waals surface area contributed by atoms with Gasteiger partial charge < -0.3 is 19.8 Å². The quantitative estimate of drug-likeness (QED) is 0.249. The van der Waals surface area contributed by atoms with Crippen molar-refractivity contribution in [2.75, 3.05) is 37.7 Å². The predicted molar refractivity (Wildman–Crippen MR) is 163 cm³/mol. The third-order valence-corrected chi connectivity index (χ3v) is 10.8. The molecule has 2 unspecified atom stereocenters. The molecular formula is C31H42ClN3O4S. The van der Waals surface area contributed by atoms with Crippen molar-refractivity contribution in [3.63, 3.8) is 0 Å². The largest absolute Gasteiger partial charge is 0.396 e. The van der Waals surface area contributed by atoms with Gasteiger partial charge in [-0.25, -0.2) is 0 Å². The van der Waals surface area contributed by atoms with Crippen LogP contribution in [-0.2, 0) is 14.4 Å². The van der Waals surface area contributed by atoms with E-state index in [1.54, 1.807) is 39.8 Å². The number of likely N-dealkylation sites (tertiary alicyclic amines) is 1. The van der Waals surface area contributed by atoms with Gasteiger partial charge in [-0.15, -0.1) is 24.9 Å². The Morgan fingerprint density at radius 1 is 1.20 bits per heavy atom. The van der Waals surface area contributed by atoms with Crippen LogP contribution in [0.15, 0.2) is 43.5 Å². The summed E-state index contributed by atoms with van der Waals surface area (Å²) in [5.41, 5.74) is 1.50. The summed E-state index contributed by atoms with van der Waals surface area (Å²) >= 11 is 8.33. The summed E-state index contributed by atoms with van der Waals surface area (Å²) < 4.78 is -0.670. The second kappa shape index (κ2) is 13.1. The van der Waals surface area contributed by atoms with E-state index in [9.17, 15) is 19.5 Å². The van der Waals surface area contributed by atoms with Crippen LogP contribution < -0.4 is 4.90 Å². The molecule has 7 nitrogen and oxygen atoms in total. The lowest BCUT2D eigenvalue weighted by molar-refractivity contribution is -0.143. The molecule has 0 radical (unpaired) electrons. The van der Waals surface area contributed by atoms with E-state index in [0.29, 0.717) is 49.6 Å². The van der Waals surface area contributed by atoms with Crippen LogP contribution in [0.4, 0.5) is 5.69 Å². The molecule has 3 fully saturated rings. The zero-order chi connectivity index (χ0) is 29.0. The van der Waals surface area contributed by atoms with Gasteiger partial charge in [0, 0.05) is 38.0 Å². The van der Waals surface area contributed by atoms with Gasteiger partial charge in [0.1, 0.15) is 6.04 Å². The van der Waals surface area contributed by atoms with Crippen molar-refractivity contribution < 1.29 is 19.5 Å². The van der Waals surface area contributed by atoms with E-state index in [1.807, 2.05) is 30.9 Å². The first-order chi connectivity index (χ1) is 19.3. The molecule has 5 atom stereocenters. The molecular weight excluding hydrogens is 546 g/mol. The number of benzene rings is 1. The molecule has 3 aliphatic rings. The van der Waals surface area contributed by atoms with E-state index >= 15 is 0 Å². The fraction of sp³-hybridized carbons (Fsp3) is 0.581. The maximum Gasteiger partial charge on any atom is 0.251 e. The van der Waals surface area contributed by atoms with E-state index in [1.165, 1.54) is 0 Å². The maximum absolute atomic E-state index is 14.7. The summed E-state index contributed by atoms with van der Waals surface area (Å²) in [6.07, 6.45) is 7.82. The Kier molecular flexibility index (Phi) is 10.1. The number of carbonyl (C=O) groups is 3. The molecule has 1 aromatic carbocycles. The normalized spacial score (nSPS) is 26.6. The summed E-state index contributed by atoms with van der Waals surface area (Å²) in [4.78, 5) is 48.2. The smallest absolute Gasteiger partial charge is 0.251 e. The standard InChI is InChI=1S/C31H42ClN3O4S/c1-5-16-33(17-6-2)28(37)24-23-14-15-31(40-23)25(24)29(38)35(19-9-8-10-20-36)27(31)30(39)34(18-7-3)26-21(4)12-11-13-22(26)32/h5,7,11-13,23-25,27,36H,1,3,6,8-10,14-20H2,2,4H3/t23-,24+,25+,27?,31?/m1/s1. The van der Waals surface area contributed by atoms with E-state index < -0.39 is 22.6 Å². The highest BCUT2D eigenvalue weighted by Crippen LogP contribution is 2.66. The topological polar surface area (TPSA) is 81.2 Å². The number of anilines is 1. The highest BCUT2D eigenvalue weighted by Gasteiger charge is 2.74. The lowest BCUT2D eigenvalue weighted by atomic mass is 9.70. The molecule has 1 aromatic rings. The molecule has 218 valence electrons.